The highest BCUT2D eigenvalue weighted by Crippen LogP contribution is 2.38. The number of hydrogen-bond acceptors (Lipinski definition) is 7. The fourth-order valence-corrected chi connectivity index (χ4v) is 4.40. The van der Waals surface area contributed by atoms with E-state index in [2.05, 4.69) is 16.0 Å². The molecule has 1 aliphatic heterocycles. The van der Waals surface area contributed by atoms with Crippen molar-refractivity contribution in [3.63, 3.8) is 0 Å². The summed E-state index contributed by atoms with van der Waals surface area (Å²) in [6, 6.07) is 12.5. The van der Waals surface area contributed by atoms with Crippen LogP contribution in [0, 0.1) is 0 Å². The van der Waals surface area contributed by atoms with E-state index in [-0.39, 0.29) is 38.1 Å². The van der Waals surface area contributed by atoms with Gasteiger partial charge in [-0.15, -0.1) is 0 Å². The molecule has 0 aromatic heterocycles. The molecule has 0 unspecified atom stereocenters. The second-order valence-corrected chi connectivity index (χ2v) is 10.2. The van der Waals surface area contributed by atoms with Gasteiger partial charge in [-0.25, -0.2) is 4.79 Å². The molecule has 0 spiro atoms. The van der Waals surface area contributed by atoms with Gasteiger partial charge in [-0.05, 0) is 49.4 Å². The third-order valence-corrected chi connectivity index (χ3v) is 7.08. The maximum Gasteiger partial charge on any atom is 0.405 e. The lowest BCUT2D eigenvalue weighted by Crippen LogP contribution is -2.60. The second-order valence-electron chi connectivity index (χ2n) is 10.2. The number of carboxylic acid groups (broad SMARTS) is 1. The van der Waals surface area contributed by atoms with E-state index in [9.17, 15) is 29.4 Å². The average molecular weight is 540 g/mol. The fraction of sp³-hybridized carbons (Fsp3) is 0.429. The van der Waals surface area contributed by atoms with Gasteiger partial charge in [0.25, 0.3) is 0 Å². The summed E-state index contributed by atoms with van der Waals surface area (Å²) in [6.45, 7) is 1.91. The quantitative estimate of drug-likeness (QED) is 0.235. The monoisotopic (exact) mass is 539 g/mol. The third kappa shape index (κ3) is 7.12. The van der Waals surface area contributed by atoms with Gasteiger partial charge in [-0.1, -0.05) is 42.5 Å². The Bertz CT molecular complexity index is 1210. The molecular formula is C28H33N3O8. The van der Waals surface area contributed by atoms with Crippen LogP contribution in [0.2, 0.25) is 0 Å². The zero-order chi connectivity index (χ0) is 28.2. The predicted molar refractivity (Wildman–Crippen MR) is 139 cm³/mol. The summed E-state index contributed by atoms with van der Waals surface area (Å²) in [6.07, 6.45) is -0.728. The second kappa shape index (κ2) is 11.4. The van der Waals surface area contributed by atoms with E-state index in [1.165, 1.54) is 7.11 Å². The number of rotatable bonds is 13. The van der Waals surface area contributed by atoms with Crippen molar-refractivity contribution in [1.82, 2.24) is 16.0 Å². The summed E-state index contributed by atoms with van der Waals surface area (Å²) in [7, 11) is 1.53. The van der Waals surface area contributed by atoms with Gasteiger partial charge in [0.1, 0.15) is 23.4 Å². The number of ether oxygens (including phenoxy) is 2. The molecule has 0 radical (unpaired) electrons. The van der Waals surface area contributed by atoms with Gasteiger partial charge >= 0.3 is 6.09 Å². The number of carbonyl (C=O) groups excluding carboxylic acids is 3. The van der Waals surface area contributed by atoms with E-state index in [0.717, 1.165) is 5.56 Å². The molecular weight excluding hydrogens is 506 g/mol. The average Bonchev–Trinajstić information content (AvgIpc) is 3.85. The van der Waals surface area contributed by atoms with Crippen LogP contribution in [0.1, 0.15) is 30.9 Å². The Morgan fingerprint density at radius 1 is 0.897 bits per heavy atom. The Morgan fingerprint density at radius 2 is 1.46 bits per heavy atom. The minimum Gasteiger partial charge on any atom is -0.497 e. The minimum absolute atomic E-state index is 0.0415. The molecule has 2 aromatic carbocycles. The zero-order valence-corrected chi connectivity index (χ0v) is 21.8. The van der Waals surface area contributed by atoms with E-state index in [0.29, 0.717) is 11.3 Å². The smallest absolute Gasteiger partial charge is 0.405 e. The number of Topliss-reactive ketones (excluding diaryl/α,β-unsaturated/α-hetero) is 1. The number of methoxy groups -OCH3 is 1. The maximum absolute atomic E-state index is 13.6. The summed E-state index contributed by atoms with van der Waals surface area (Å²) in [4.78, 5) is 51.4. The molecule has 11 heteroatoms. The van der Waals surface area contributed by atoms with Crippen molar-refractivity contribution in [3.8, 4) is 5.75 Å². The van der Waals surface area contributed by atoms with E-state index >= 15 is 0 Å². The molecule has 3 amide bonds. The normalized spacial score (nSPS) is 21.0. The predicted octanol–water partition coefficient (Wildman–Crippen LogP) is 0.969. The maximum atomic E-state index is 13.6. The van der Waals surface area contributed by atoms with E-state index < -0.39 is 47.2 Å². The molecule has 1 saturated carbocycles. The molecule has 1 aliphatic carbocycles. The number of amides is 3. The SMILES string of the molecule is COc1ccc(C[C@H](NC(=O)[C@@H](NC(=O)O)C2(O)CC2)C(=O)N[C@@H](Cc2ccccc2)C(=O)[C@]2(C)CO2)cc1. The number of benzene rings is 2. The van der Waals surface area contributed by atoms with E-state index in [4.69, 9.17) is 9.47 Å². The molecule has 1 heterocycles. The molecule has 4 rings (SSSR count). The lowest BCUT2D eigenvalue weighted by molar-refractivity contribution is -0.134. The van der Waals surface area contributed by atoms with Gasteiger partial charge in [-0.2, -0.15) is 0 Å². The number of ketones is 1. The van der Waals surface area contributed by atoms with Gasteiger partial charge in [0.05, 0.1) is 25.4 Å². The van der Waals surface area contributed by atoms with Crippen molar-refractivity contribution in [3.05, 3.63) is 65.7 Å². The molecule has 4 atom stereocenters. The molecule has 0 bridgehead atoms. The first-order valence-corrected chi connectivity index (χ1v) is 12.7. The number of hydrogen-bond donors (Lipinski definition) is 5. The van der Waals surface area contributed by atoms with Crippen LogP contribution in [0.4, 0.5) is 4.79 Å². The van der Waals surface area contributed by atoms with Gasteiger partial charge in [0.2, 0.25) is 11.8 Å². The fourth-order valence-electron chi connectivity index (χ4n) is 4.40. The van der Waals surface area contributed by atoms with Crippen LogP contribution >= 0.6 is 0 Å². The Kier molecular flexibility index (Phi) is 8.22. The number of aliphatic hydroxyl groups is 1. The molecule has 2 aromatic rings. The third-order valence-electron chi connectivity index (χ3n) is 7.08. The van der Waals surface area contributed by atoms with Crippen molar-refractivity contribution < 1.29 is 38.9 Å². The summed E-state index contributed by atoms with van der Waals surface area (Å²) >= 11 is 0. The van der Waals surface area contributed by atoms with Crippen molar-refractivity contribution in [2.75, 3.05) is 13.7 Å². The van der Waals surface area contributed by atoms with Crippen molar-refractivity contribution in [1.29, 1.82) is 0 Å². The van der Waals surface area contributed by atoms with Crippen LogP contribution in [0.15, 0.2) is 54.6 Å². The van der Waals surface area contributed by atoms with Gasteiger partial charge in [0.15, 0.2) is 5.78 Å². The van der Waals surface area contributed by atoms with E-state index in [1.54, 1.807) is 31.2 Å². The van der Waals surface area contributed by atoms with Crippen molar-refractivity contribution >= 4 is 23.7 Å². The summed E-state index contributed by atoms with van der Waals surface area (Å²) in [5.74, 6) is -1.15. The molecule has 208 valence electrons. The standard InChI is InChI=1S/C28H33N3O8/c1-27(16-39-27)23(32)20(14-17-6-4-3-5-7-17)29-24(33)21(15-18-8-10-19(38-2)11-9-18)30-25(34)22(31-26(35)36)28(37)12-13-28/h3-11,20-22,31,37H,12-16H2,1-2H3,(H,29,33)(H,30,34)(H,35,36)/t20-,21-,22+,27-/m0/s1. The summed E-state index contributed by atoms with van der Waals surface area (Å²) in [5, 5.41) is 27.2. The molecule has 1 saturated heterocycles. The number of nitrogens with one attached hydrogen (secondary N) is 3. The lowest BCUT2D eigenvalue weighted by Gasteiger charge is -2.27. The number of epoxide rings is 1. The van der Waals surface area contributed by atoms with Crippen LogP contribution < -0.4 is 20.7 Å². The summed E-state index contributed by atoms with van der Waals surface area (Å²) in [5.41, 5.74) is -0.995. The Morgan fingerprint density at radius 3 is 2.00 bits per heavy atom. The van der Waals surface area contributed by atoms with Crippen LogP contribution in [0.5, 0.6) is 5.75 Å². The highest BCUT2D eigenvalue weighted by molar-refractivity contribution is 5.98. The molecule has 2 aliphatic rings. The first-order valence-electron chi connectivity index (χ1n) is 12.7. The van der Waals surface area contributed by atoms with Gasteiger partial charge in [-0.3, -0.25) is 14.4 Å². The van der Waals surface area contributed by atoms with Crippen LogP contribution in [-0.2, 0) is 32.0 Å². The van der Waals surface area contributed by atoms with Crippen LogP contribution in [0.3, 0.4) is 0 Å². The zero-order valence-electron chi connectivity index (χ0n) is 21.8. The van der Waals surface area contributed by atoms with Crippen LogP contribution in [0.25, 0.3) is 0 Å². The molecule has 39 heavy (non-hydrogen) atoms. The van der Waals surface area contributed by atoms with Gasteiger partial charge in [0, 0.05) is 6.42 Å². The molecule has 11 nitrogen and oxygen atoms in total. The Balaban J connectivity index is 1.57. The topological polar surface area (TPSA) is 167 Å². The van der Waals surface area contributed by atoms with Crippen molar-refractivity contribution in [2.45, 2.75) is 61.9 Å². The van der Waals surface area contributed by atoms with Crippen molar-refractivity contribution in [2.24, 2.45) is 0 Å². The van der Waals surface area contributed by atoms with E-state index in [1.807, 2.05) is 30.3 Å². The largest absolute Gasteiger partial charge is 0.497 e. The Labute approximate surface area is 225 Å². The molecule has 5 N–H and O–H groups in total. The van der Waals surface area contributed by atoms with Gasteiger partial charge < -0.3 is 35.6 Å². The first kappa shape index (κ1) is 28.1. The Hall–Kier alpha value is -3.96. The highest BCUT2D eigenvalue weighted by atomic mass is 16.6. The molecule has 2 fully saturated rings. The first-order chi connectivity index (χ1) is 18.5. The number of carbonyl (C=O) groups is 4. The highest BCUT2D eigenvalue weighted by Gasteiger charge is 2.53. The minimum atomic E-state index is -1.52. The summed E-state index contributed by atoms with van der Waals surface area (Å²) < 4.78 is 10.5. The van der Waals surface area contributed by atoms with Crippen LogP contribution in [-0.4, -0.2) is 76.9 Å². The lowest BCUT2D eigenvalue weighted by atomic mass is 9.94.